The third-order valence-corrected chi connectivity index (χ3v) is 3.78. The Morgan fingerprint density at radius 1 is 1.61 bits per heavy atom. The first-order chi connectivity index (χ1) is 8.47. The number of halogens is 1. The lowest BCUT2D eigenvalue weighted by Gasteiger charge is -2.14. The second-order valence-electron chi connectivity index (χ2n) is 3.83. The van der Waals surface area contributed by atoms with Crippen LogP contribution in [0.15, 0.2) is 21.2 Å². The lowest BCUT2D eigenvalue weighted by atomic mass is 10.3. The van der Waals surface area contributed by atoms with Crippen LogP contribution in [0.4, 0.5) is 5.13 Å². The van der Waals surface area contributed by atoms with Crippen molar-refractivity contribution in [2.75, 3.05) is 12.8 Å². The molecule has 0 radical (unpaired) electrons. The molecule has 2 aromatic heterocycles. The Labute approximate surface area is 117 Å². The number of hydrogen-bond donors (Lipinski definition) is 1. The average Bonchev–Trinajstić information content (AvgIpc) is 2.84. The summed E-state index contributed by atoms with van der Waals surface area (Å²) in [5.74, 6) is 0.613. The summed E-state index contributed by atoms with van der Waals surface area (Å²) in [6.45, 7) is 2.18. The van der Waals surface area contributed by atoms with Crippen LogP contribution in [-0.2, 0) is 6.54 Å². The summed E-state index contributed by atoms with van der Waals surface area (Å²) < 4.78 is 6.01. The molecule has 0 unspecified atom stereocenters. The normalized spacial score (nSPS) is 10.6. The highest BCUT2D eigenvalue weighted by Gasteiger charge is 2.19. The Morgan fingerprint density at radius 3 is 2.83 bits per heavy atom. The van der Waals surface area contributed by atoms with Crippen molar-refractivity contribution in [2.45, 2.75) is 13.5 Å². The number of nitrogens with zero attached hydrogens (tertiary/aromatic N) is 2. The highest BCUT2D eigenvalue weighted by molar-refractivity contribution is 9.10. The third kappa shape index (κ3) is 2.73. The van der Waals surface area contributed by atoms with Gasteiger partial charge in [0.05, 0.1) is 12.2 Å². The van der Waals surface area contributed by atoms with Gasteiger partial charge in [-0.25, -0.2) is 4.98 Å². The summed E-state index contributed by atoms with van der Waals surface area (Å²) >= 11 is 4.43. The van der Waals surface area contributed by atoms with Crippen molar-refractivity contribution in [3.05, 3.63) is 33.1 Å². The molecule has 2 aromatic rings. The fraction of sp³-hybridized carbons (Fsp3) is 0.273. The summed E-state index contributed by atoms with van der Waals surface area (Å²) in [5.41, 5.74) is 6.25. The van der Waals surface area contributed by atoms with Gasteiger partial charge >= 0.3 is 0 Å². The molecular weight excluding hydrogens is 318 g/mol. The Hall–Kier alpha value is -1.34. The number of carbonyl (C=O) groups excluding carboxylic acids is 1. The maximum atomic E-state index is 12.2. The minimum Gasteiger partial charge on any atom is -0.452 e. The minimum absolute atomic E-state index is 0.103. The largest absolute Gasteiger partial charge is 0.452 e. The van der Waals surface area contributed by atoms with Crippen LogP contribution >= 0.6 is 27.3 Å². The van der Waals surface area contributed by atoms with E-state index < -0.39 is 0 Å². The second kappa shape index (κ2) is 5.11. The number of thiazole rings is 1. The van der Waals surface area contributed by atoms with E-state index in [-0.39, 0.29) is 5.91 Å². The number of aromatic nitrogens is 1. The monoisotopic (exact) mass is 329 g/mol. The molecule has 0 saturated heterocycles. The molecule has 0 aliphatic carbocycles. The summed E-state index contributed by atoms with van der Waals surface area (Å²) in [6.07, 6.45) is 0. The number of hydrogen-bond acceptors (Lipinski definition) is 5. The SMILES string of the molecule is Cc1nc(N)sc1C(=O)N(C)Cc1ccc(Br)o1. The van der Waals surface area contributed by atoms with Crippen molar-refractivity contribution in [3.8, 4) is 0 Å². The van der Waals surface area contributed by atoms with E-state index in [1.54, 1.807) is 24.9 Å². The molecule has 0 fully saturated rings. The van der Waals surface area contributed by atoms with Crippen LogP contribution in [0.25, 0.3) is 0 Å². The smallest absolute Gasteiger partial charge is 0.266 e. The zero-order valence-electron chi connectivity index (χ0n) is 9.94. The van der Waals surface area contributed by atoms with Crippen molar-refractivity contribution < 1.29 is 9.21 Å². The van der Waals surface area contributed by atoms with Crippen molar-refractivity contribution in [1.29, 1.82) is 0 Å². The molecule has 0 aliphatic heterocycles. The first kappa shape index (κ1) is 13.1. The van der Waals surface area contributed by atoms with Gasteiger partial charge in [0.15, 0.2) is 9.80 Å². The molecule has 5 nitrogen and oxygen atoms in total. The van der Waals surface area contributed by atoms with Crippen molar-refractivity contribution >= 4 is 38.3 Å². The lowest BCUT2D eigenvalue weighted by Crippen LogP contribution is -2.25. The van der Waals surface area contributed by atoms with Crippen LogP contribution in [-0.4, -0.2) is 22.8 Å². The van der Waals surface area contributed by atoms with Crippen molar-refractivity contribution in [1.82, 2.24) is 9.88 Å². The molecule has 7 heteroatoms. The summed E-state index contributed by atoms with van der Waals surface area (Å²) in [4.78, 5) is 18.4. The first-order valence-electron chi connectivity index (χ1n) is 5.20. The highest BCUT2D eigenvalue weighted by atomic mass is 79.9. The van der Waals surface area contributed by atoms with E-state index in [1.807, 2.05) is 6.07 Å². The molecule has 2 heterocycles. The van der Waals surface area contributed by atoms with Gasteiger partial charge in [0, 0.05) is 7.05 Å². The van der Waals surface area contributed by atoms with Gasteiger partial charge in [-0.05, 0) is 35.0 Å². The average molecular weight is 330 g/mol. The molecule has 1 amide bonds. The maximum Gasteiger partial charge on any atom is 0.266 e. The van der Waals surface area contributed by atoms with E-state index >= 15 is 0 Å². The number of furan rings is 1. The van der Waals surface area contributed by atoms with Gasteiger partial charge in [0.25, 0.3) is 5.91 Å². The van der Waals surface area contributed by atoms with Gasteiger partial charge in [-0.2, -0.15) is 0 Å². The molecule has 0 aromatic carbocycles. The zero-order valence-corrected chi connectivity index (χ0v) is 12.3. The predicted octanol–water partition coefficient (Wildman–Crippen LogP) is 2.66. The van der Waals surface area contributed by atoms with E-state index in [1.165, 1.54) is 11.3 Å². The standard InChI is InChI=1S/C11H12BrN3O2S/c1-6-9(18-11(13)14-6)10(16)15(2)5-7-3-4-8(12)17-7/h3-4H,5H2,1-2H3,(H2,13,14). The van der Waals surface area contributed by atoms with E-state index in [9.17, 15) is 4.79 Å². The maximum absolute atomic E-state index is 12.2. The number of rotatable bonds is 3. The first-order valence-corrected chi connectivity index (χ1v) is 6.81. The Balaban J connectivity index is 2.11. The van der Waals surface area contributed by atoms with Crippen LogP contribution in [0.2, 0.25) is 0 Å². The number of nitrogen functional groups attached to an aromatic ring is 1. The van der Waals surface area contributed by atoms with Crippen LogP contribution < -0.4 is 5.73 Å². The fourth-order valence-electron chi connectivity index (χ4n) is 1.53. The quantitative estimate of drug-likeness (QED) is 0.939. The molecular formula is C11H12BrN3O2S. The molecule has 0 atom stereocenters. The fourth-order valence-corrected chi connectivity index (χ4v) is 2.70. The summed E-state index contributed by atoms with van der Waals surface area (Å²) in [7, 11) is 1.72. The summed E-state index contributed by atoms with van der Waals surface area (Å²) in [5, 5.41) is 0.407. The van der Waals surface area contributed by atoms with Gasteiger partial charge in [-0.1, -0.05) is 11.3 Å². The Bertz CT molecular complexity index is 579. The van der Waals surface area contributed by atoms with Crippen LogP contribution in [0.1, 0.15) is 21.1 Å². The predicted molar refractivity (Wildman–Crippen MR) is 73.5 cm³/mol. The van der Waals surface area contributed by atoms with E-state index in [2.05, 4.69) is 20.9 Å². The zero-order chi connectivity index (χ0) is 13.3. The second-order valence-corrected chi connectivity index (χ2v) is 5.65. The van der Waals surface area contributed by atoms with Gasteiger partial charge in [0.2, 0.25) is 0 Å². The minimum atomic E-state index is -0.103. The number of aryl methyl sites for hydroxylation is 1. The molecule has 0 bridgehead atoms. The molecule has 0 spiro atoms. The van der Waals surface area contributed by atoms with Gasteiger partial charge in [-0.3, -0.25) is 4.79 Å². The number of amides is 1. The molecule has 2 N–H and O–H groups in total. The Kier molecular flexibility index (Phi) is 3.72. The third-order valence-electron chi connectivity index (χ3n) is 2.38. The molecule has 0 aliphatic rings. The summed E-state index contributed by atoms with van der Waals surface area (Å²) in [6, 6.07) is 3.62. The van der Waals surface area contributed by atoms with Gasteiger partial charge in [0.1, 0.15) is 10.6 Å². The molecule has 2 rings (SSSR count). The van der Waals surface area contributed by atoms with Crippen LogP contribution in [0, 0.1) is 6.92 Å². The highest BCUT2D eigenvalue weighted by Crippen LogP contribution is 2.22. The van der Waals surface area contributed by atoms with Crippen LogP contribution in [0.5, 0.6) is 0 Å². The molecule has 96 valence electrons. The molecule has 18 heavy (non-hydrogen) atoms. The van der Waals surface area contributed by atoms with Crippen molar-refractivity contribution in [2.24, 2.45) is 0 Å². The number of carbonyl (C=O) groups is 1. The van der Waals surface area contributed by atoms with E-state index in [4.69, 9.17) is 10.2 Å². The molecule has 0 saturated carbocycles. The Morgan fingerprint density at radius 2 is 2.33 bits per heavy atom. The van der Waals surface area contributed by atoms with Gasteiger partial charge < -0.3 is 15.1 Å². The van der Waals surface area contributed by atoms with Crippen molar-refractivity contribution in [3.63, 3.8) is 0 Å². The van der Waals surface area contributed by atoms with E-state index in [0.29, 0.717) is 32.7 Å². The number of nitrogens with two attached hydrogens (primary N) is 1. The number of anilines is 1. The van der Waals surface area contributed by atoms with E-state index in [0.717, 1.165) is 0 Å². The van der Waals surface area contributed by atoms with Crippen LogP contribution in [0.3, 0.4) is 0 Å². The van der Waals surface area contributed by atoms with Gasteiger partial charge in [-0.15, -0.1) is 0 Å². The lowest BCUT2D eigenvalue weighted by molar-refractivity contribution is 0.0779. The topological polar surface area (TPSA) is 72.4 Å².